The number of ether oxygens (including phenoxy) is 1. The molecule has 1 amide bonds. The summed E-state index contributed by atoms with van der Waals surface area (Å²) < 4.78 is 5.73. The van der Waals surface area contributed by atoms with E-state index in [0.29, 0.717) is 42.9 Å². The molecule has 0 fully saturated rings. The van der Waals surface area contributed by atoms with Crippen LogP contribution in [0.2, 0.25) is 0 Å². The molecule has 0 aliphatic rings. The summed E-state index contributed by atoms with van der Waals surface area (Å²) >= 11 is 0. The van der Waals surface area contributed by atoms with Crippen LogP contribution in [0.3, 0.4) is 0 Å². The molecule has 1 aromatic carbocycles. The smallest absolute Gasteiger partial charge is 0.328 e. The number of benzene rings is 1. The summed E-state index contributed by atoms with van der Waals surface area (Å²) in [4.78, 5) is 45.2. The summed E-state index contributed by atoms with van der Waals surface area (Å²) in [7, 11) is 0. The number of carboxylic acid groups (broad SMARTS) is 2. The van der Waals surface area contributed by atoms with E-state index < -0.39 is 28.7 Å². The zero-order valence-corrected chi connectivity index (χ0v) is 22.9. The first-order valence-corrected chi connectivity index (χ1v) is 12.1. The molecule has 1 rings (SSSR count). The van der Waals surface area contributed by atoms with Crippen molar-refractivity contribution in [3.63, 3.8) is 0 Å². The van der Waals surface area contributed by atoms with E-state index in [-0.39, 0.29) is 37.8 Å². The highest BCUT2D eigenvalue weighted by Crippen LogP contribution is 2.32. The topological polar surface area (TPSA) is 218 Å². The van der Waals surface area contributed by atoms with Crippen LogP contribution in [0, 0.1) is 30.9 Å². The summed E-state index contributed by atoms with van der Waals surface area (Å²) in [6.07, 6.45) is 1.55. The molecular formula is C25H39N3O11. The fourth-order valence-corrected chi connectivity index (χ4v) is 2.96. The van der Waals surface area contributed by atoms with E-state index >= 15 is 0 Å². The minimum absolute atomic E-state index is 0.0178. The number of amides is 1. The van der Waals surface area contributed by atoms with Gasteiger partial charge in [0.2, 0.25) is 5.91 Å². The second kappa shape index (κ2) is 17.6. The highest BCUT2D eigenvalue weighted by molar-refractivity contribution is 5.89. The molecule has 0 saturated heterocycles. The number of nitrogens with zero attached hydrogens (tertiary/aromatic N) is 1. The number of aryl methyl sites for hydroxylation is 1. The van der Waals surface area contributed by atoms with E-state index in [1.54, 1.807) is 13.0 Å². The third kappa shape index (κ3) is 16.5. The SMILES string of the molecule is Cc1cc(OCC(O)CNC(C)(C)CNC(=O)CCCCO[N+](=O)[O-])c(C)c(C)c1O.O=C(O)C=CC(=O)O. The lowest BCUT2D eigenvalue weighted by Crippen LogP contribution is -2.51. The predicted octanol–water partition coefficient (Wildman–Crippen LogP) is 1.63. The number of phenolic OH excluding ortho intramolecular Hbond substituents is 1. The van der Waals surface area contributed by atoms with Crippen LogP contribution in [0.5, 0.6) is 11.5 Å². The Hall–Kier alpha value is -3.91. The largest absolute Gasteiger partial charge is 0.507 e. The van der Waals surface area contributed by atoms with Crippen molar-refractivity contribution < 1.29 is 49.5 Å². The Balaban J connectivity index is 0.00000156. The average molecular weight is 558 g/mol. The first kappa shape index (κ1) is 35.1. The van der Waals surface area contributed by atoms with Gasteiger partial charge in [0, 0.05) is 37.2 Å². The van der Waals surface area contributed by atoms with Crippen molar-refractivity contribution >= 4 is 17.8 Å². The highest BCUT2D eigenvalue weighted by Gasteiger charge is 2.20. The normalized spacial score (nSPS) is 11.7. The van der Waals surface area contributed by atoms with Crippen molar-refractivity contribution in [1.82, 2.24) is 10.6 Å². The minimum Gasteiger partial charge on any atom is -0.507 e. The summed E-state index contributed by atoms with van der Waals surface area (Å²) in [6, 6.07) is 1.75. The Labute approximate surface area is 226 Å². The number of carboxylic acids is 2. The number of phenols is 1. The molecule has 0 heterocycles. The van der Waals surface area contributed by atoms with Crippen molar-refractivity contribution in [3.05, 3.63) is 45.0 Å². The van der Waals surface area contributed by atoms with Crippen molar-refractivity contribution in [2.24, 2.45) is 0 Å². The van der Waals surface area contributed by atoms with Gasteiger partial charge in [-0.2, -0.15) is 0 Å². The summed E-state index contributed by atoms with van der Waals surface area (Å²) in [5, 5.41) is 51.1. The van der Waals surface area contributed by atoms with Crippen LogP contribution in [0.15, 0.2) is 18.2 Å². The fraction of sp³-hybridized carbons (Fsp3) is 0.560. The zero-order chi connectivity index (χ0) is 30.2. The number of nitrogens with one attached hydrogen (secondary N) is 2. The highest BCUT2D eigenvalue weighted by atomic mass is 16.9. The monoisotopic (exact) mass is 557 g/mol. The molecule has 0 aromatic heterocycles. The van der Waals surface area contributed by atoms with Gasteiger partial charge in [-0.05, 0) is 70.2 Å². The van der Waals surface area contributed by atoms with Gasteiger partial charge in [0.15, 0.2) is 0 Å². The second-order valence-electron chi connectivity index (χ2n) is 9.32. The number of aromatic hydroxyl groups is 1. The molecule has 14 nitrogen and oxygen atoms in total. The van der Waals surface area contributed by atoms with Gasteiger partial charge >= 0.3 is 11.9 Å². The Kier molecular flexibility index (Phi) is 15.8. The average Bonchev–Trinajstić information content (AvgIpc) is 2.85. The van der Waals surface area contributed by atoms with Gasteiger partial charge in [0.05, 0.1) is 6.61 Å². The van der Waals surface area contributed by atoms with Crippen LogP contribution in [0.1, 0.15) is 49.8 Å². The maximum atomic E-state index is 11.9. The zero-order valence-electron chi connectivity index (χ0n) is 22.9. The third-order valence-electron chi connectivity index (χ3n) is 5.35. The van der Waals surface area contributed by atoms with E-state index in [1.807, 2.05) is 27.7 Å². The number of aliphatic hydroxyl groups excluding tert-OH is 1. The molecule has 1 atom stereocenters. The fourth-order valence-electron chi connectivity index (χ4n) is 2.96. The van der Waals surface area contributed by atoms with Crippen LogP contribution in [-0.4, -0.2) is 81.3 Å². The van der Waals surface area contributed by atoms with Gasteiger partial charge in [-0.1, -0.05) is 0 Å². The molecule has 0 bridgehead atoms. The maximum absolute atomic E-state index is 11.9. The Bertz CT molecular complexity index is 993. The number of aliphatic hydroxyl groups is 1. The lowest BCUT2D eigenvalue weighted by atomic mass is 10.0. The van der Waals surface area contributed by atoms with E-state index in [4.69, 9.17) is 14.9 Å². The quantitative estimate of drug-likeness (QED) is 0.0739. The molecule has 6 N–H and O–H groups in total. The molecular weight excluding hydrogens is 518 g/mol. The molecule has 0 spiro atoms. The number of aliphatic carboxylic acids is 2. The molecule has 0 aliphatic carbocycles. The number of carbonyl (C=O) groups excluding carboxylic acids is 1. The predicted molar refractivity (Wildman–Crippen MR) is 140 cm³/mol. The Morgan fingerprint density at radius 3 is 2.23 bits per heavy atom. The van der Waals surface area contributed by atoms with Crippen LogP contribution in [0.25, 0.3) is 0 Å². The van der Waals surface area contributed by atoms with E-state index in [1.165, 1.54) is 0 Å². The van der Waals surface area contributed by atoms with E-state index in [0.717, 1.165) is 11.1 Å². The first-order chi connectivity index (χ1) is 18.1. The molecule has 0 radical (unpaired) electrons. The van der Waals surface area contributed by atoms with Gasteiger partial charge in [-0.15, -0.1) is 10.1 Å². The second-order valence-corrected chi connectivity index (χ2v) is 9.32. The lowest BCUT2D eigenvalue weighted by Gasteiger charge is -2.28. The number of carbonyl (C=O) groups is 3. The van der Waals surface area contributed by atoms with Crippen LogP contribution in [0.4, 0.5) is 0 Å². The summed E-state index contributed by atoms with van der Waals surface area (Å²) in [5.74, 6) is -1.78. The number of β-amino-alcohol motifs (C(OH)–C–C–N with tert-alkyl or cyclic N) is 1. The summed E-state index contributed by atoms with van der Waals surface area (Å²) in [6.45, 7) is 9.99. The first-order valence-electron chi connectivity index (χ1n) is 12.1. The molecule has 1 aromatic rings. The van der Waals surface area contributed by atoms with Gasteiger partial charge in [0.25, 0.3) is 5.09 Å². The van der Waals surface area contributed by atoms with Gasteiger partial charge < -0.3 is 40.6 Å². The third-order valence-corrected chi connectivity index (χ3v) is 5.35. The van der Waals surface area contributed by atoms with Crippen molar-refractivity contribution in [3.8, 4) is 11.5 Å². The van der Waals surface area contributed by atoms with Crippen LogP contribution in [-0.2, 0) is 19.2 Å². The minimum atomic E-state index is -1.26. The molecule has 1 unspecified atom stereocenters. The number of rotatable bonds is 16. The van der Waals surface area contributed by atoms with E-state index in [9.17, 15) is 34.7 Å². The standard InChI is InChI=1S/C21H35N3O7.C4H4O4/c1-14-10-18(15(2)16(3)20(14)27)30-12-17(25)11-23-21(4,5)13-22-19(26)8-6-7-9-31-24(28)29;5-3(6)1-2-4(7)8/h10,17,23,25,27H,6-9,11-13H2,1-5H3,(H,22,26);1-2H,(H,5,6)(H,7,8). The van der Waals surface area contributed by atoms with Gasteiger partial charge in [-0.25, -0.2) is 9.59 Å². The molecule has 14 heteroatoms. The number of hydrogen-bond donors (Lipinski definition) is 6. The maximum Gasteiger partial charge on any atom is 0.328 e. The number of hydrogen-bond acceptors (Lipinski definition) is 10. The van der Waals surface area contributed by atoms with Crippen LogP contribution >= 0.6 is 0 Å². The Morgan fingerprint density at radius 1 is 1.10 bits per heavy atom. The van der Waals surface area contributed by atoms with Crippen molar-refractivity contribution in [2.75, 3.05) is 26.3 Å². The van der Waals surface area contributed by atoms with Crippen LogP contribution < -0.4 is 15.4 Å². The van der Waals surface area contributed by atoms with Crippen molar-refractivity contribution in [2.45, 2.75) is 65.5 Å². The summed E-state index contributed by atoms with van der Waals surface area (Å²) in [5.41, 5.74) is 1.85. The molecule has 39 heavy (non-hydrogen) atoms. The molecule has 0 aliphatic heterocycles. The Morgan fingerprint density at radius 2 is 1.69 bits per heavy atom. The van der Waals surface area contributed by atoms with Gasteiger partial charge in [-0.3, -0.25) is 4.79 Å². The molecule has 220 valence electrons. The lowest BCUT2D eigenvalue weighted by molar-refractivity contribution is -0.757. The van der Waals surface area contributed by atoms with E-state index in [2.05, 4.69) is 15.5 Å². The van der Waals surface area contributed by atoms with Crippen molar-refractivity contribution in [1.29, 1.82) is 0 Å². The molecule has 0 saturated carbocycles. The van der Waals surface area contributed by atoms with Gasteiger partial charge in [0.1, 0.15) is 24.2 Å². The number of unbranched alkanes of at least 4 members (excludes halogenated alkanes) is 1.